The molecule has 0 aliphatic heterocycles. The molecule has 0 fully saturated rings. The summed E-state index contributed by atoms with van der Waals surface area (Å²) in [6, 6.07) is -0.814. The molecule has 3 N–H and O–H groups in total. The summed E-state index contributed by atoms with van der Waals surface area (Å²) in [6.45, 7) is 9.99. The van der Waals surface area contributed by atoms with E-state index in [2.05, 4.69) is 10.6 Å². The Kier molecular flexibility index (Phi) is 19.4. The van der Waals surface area contributed by atoms with Crippen LogP contribution in [0.3, 0.4) is 0 Å². The lowest BCUT2D eigenvalue weighted by atomic mass is 10.2. The molecule has 0 radical (unpaired) electrons. The largest absolute Gasteiger partial charge is 0.463 e. The quantitative estimate of drug-likeness (QED) is 0.209. The Morgan fingerprint density at radius 2 is 1.06 bits per heavy atom. The molecule has 0 unspecified atom stereocenters. The Hall–Kier alpha value is -3.22. The second kappa shape index (κ2) is 20.0. The van der Waals surface area contributed by atoms with Gasteiger partial charge in [-0.05, 0) is 20.3 Å². The van der Waals surface area contributed by atoms with Gasteiger partial charge in [0.05, 0.1) is 31.5 Å². The summed E-state index contributed by atoms with van der Waals surface area (Å²) in [5.41, 5.74) is 0. The first-order valence-electron chi connectivity index (χ1n) is 11.5. The standard InChI is InChI=1S/C12H21NO5.C11H19NO6/c1-5-11(13-9(3)14)7-17-12(16)6-8(2)18-10(4)15;1-7(18-9(3)15)4-11(16)17-6-10(5-13)12-8(2)14/h8,11H,5-7H2,1-4H3,(H,13,14);7,10,13H,4-6H2,1-3H3,(H,12,14)/t8-,11-;7-,10-/m11/s1. The Morgan fingerprint density at radius 3 is 1.36 bits per heavy atom. The highest BCUT2D eigenvalue weighted by atomic mass is 16.6. The molecule has 0 spiro atoms. The predicted molar refractivity (Wildman–Crippen MR) is 126 cm³/mol. The van der Waals surface area contributed by atoms with E-state index in [0.29, 0.717) is 6.42 Å². The van der Waals surface area contributed by atoms with E-state index in [1.165, 1.54) is 27.7 Å². The van der Waals surface area contributed by atoms with Crippen LogP contribution in [0.4, 0.5) is 0 Å². The second-order valence-corrected chi connectivity index (χ2v) is 8.00. The molecule has 0 aromatic rings. The molecule has 0 saturated carbocycles. The number of rotatable bonds is 14. The van der Waals surface area contributed by atoms with Gasteiger partial charge in [0, 0.05) is 27.7 Å². The van der Waals surface area contributed by atoms with Crippen LogP contribution >= 0.6 is 0 Å². The zero-order chi connectivity index (χ0) is 28.3. The Morgan fingerprint density at radius 1 is 0.694 bits per heavy atom. The van der Waals surface area contributed by atoms with Gasteiger partial charge in [-0.15, -0.1) is 0 Å². The van der Waals surface area contributed by atoms with Gasteiger partial charge in [-0.1, -0.05) is 6.92 Å². The molecule has 2 amide bonds. The average molecular weight is 521 g/mol. The fraction of sp³-hybridized carbons (Fsp3) is 0.739. The van der Waals surface area contributed by atoms with Crippen molar-refractivity contribution in [1.29, 1.82) is 0 Å². The first-order valence-corrected chi connectivity index (χ1v) is 11.5. The Balaban J connectivity index is 0. The zero-order valence-electron chi connectivity index (χ0n) is 22.1. The van der Waals surface area contributed by atoms with Crippen molar-refractivity contribution < 1.29 is 52.8 Å². The number of esters is 4. The van der Waals surface area contributed by atoms with Crippen molar-refractivity contribution in [2.24, 2.45) is 0 Å². The van der Waals surface area contributed by atoms with Gasteiger partial charge in [-0.25, -0.2) is 0 Å². The number of hydrogen-bond donors (Lipinski definition) is 3. The molecule has 0 rings (SSSR count). The van der Waals surface area contributed by atoms with Crippen molar-refractivity contribution >= 4 is 35.7 Å². The lowest BCUT2D eigenvalue weighted by molar-refractivity contribution is -0.155. The monoisotopic (exact) mass is 520 g/mol. The lowest BCUT2D eigenvalue weighted by Gasteiger charge is -2.17. The Bertz CT molecular complexity index is 667. The molecule has 13 nitrogen and oxygen atoms in total. The third kappa shape index (κ3) is 22.6. The summed E-state index contributed by atoms with van der Waals surface area (Å²) in [5.74, 6) is -2.40. The fourth-order valence-corrected chi connectivity index (χ4v) is 2.60. The first kappa shape index (κ1) is 34.9. The van der Waals surface area contributed by atoms with Gasteiger partial charge < -0.3 is 34.7 Å². The van der Waals surface area contributed by atoms with Crippen molar-refractivity contribution in [3.05, 3.63) is 0 Å². The number of nitrogens with one attached hydrogen (secondary N) is 2. The average Bonchev–Trinajstić information content (AvgIpc) is 2.72. The number of amides is 2. The van der Waals surface area contributed by atoms with Crippen molar-refractivity contribution in [2.45, 2.75) is 92.0 Å². The summed E-state index contributed by atoms with van der Waals surface area (Å²) in [7, 11) is 0. The van der Waals surface area contributed by atoms with E-state index in [4.69, 9.17) is 24.1 Å². The van der Waals surface area contributed by atoms with Crippen molar-refractivity contribution in [2.75, 3.05) is 19.8 Å². The van der Waals surface area contributed by atoms with Gasteiger partial charge >= 0.3 is 23.9 Å². The Labute approximate surface area is 211 Å². The van der Waals surface area contributed by atoms with Gasteiger partial charge in [0.1, 0.15) is 25.4 Å². The number of aliphatic hydroxyl groups is 1. The van der Waals surface area contributed by atoms with E-state index in [1.807, 2.05) is 6.92 Å². The lowest BCUT2D eigenvalue weighted by Crippen LogP contribution is -2.40. The molecule has 4 atom stereocenters. The zero-order valence-corrected chi connectivity index (χ0v) is 22.1. The number of aliphatic hydroxyl groups excluding tert-OH is 1. The smallest absolute Gasteiger partial charge is 0.309 e. The van der Waals surface area contributed by atoms with E-state index < -0.39 is 42.1 Å². The van der Waals surface area contributed by atoms with Gasteiger partial charge in [-0.2, -0.15) is 0 Å². The molecular weight excluding hydrogens is 480 g/mol. The maximum Gasteiger partial charge on any atom is 0.309 e. The molecular formula is C23H40N2O11. The van der Waals surface area contributed by atoms with Gasteiger partial charge in [0.15, 0.2) is 0 Å². The summed E-state index contributed by atoms with van der Waals surface area (Å²) < 4.78 is 19.4. The summed E-state index contributed by atoms with van der Waals surface area (Å²) in [5, 5.41) is 14.0. The minimum atomic E-state index is -0.629. The SMILES string of the molecule is CC(=O)N[C@H](CO)COC(=O)C[C@@H](C)OC(C)=O.CC[C@H](COC(=O)C[C@@H](C)OC(C)=O)NC(C)=O. The molecule has 0 aliphatic rings. The van der Waals surface area contributed by atoms with Crippen LogP contribution in [0.5, 0.6) is 0 Å². The highest BCUT2D eigenvalue weighted by Gasteiger charge is 2.17. The minimum Gasteiger partial charge on any atom is -0.463 e. The van der Waals surface area contributed by atoms with E-state index in [9.17, 15) is 28.8 Å². The normalized spacial score (nSPS) is 13.3. The fourth-order valence-electron chi connectivity index (χ4n) is 2.60. The molecule has 208 valence electrons. The third-order valence-electron chi connectivity index (χ3n) is 4.06. The van der Waals surface area contributed by atoms with Crippen LogP contribution in [0.25, 0.3) is 0 Å². The number of hydrogen-bond acceptors (Lipinski definition) is 11. The van der Waals surface area contributed by atoms with Crippen LogP contribution in [-0.4, -0.2) is 84.9 Å². The molecule has 0 aromatic heterocycles. The van der Waals surface area contributed by atoms with Crippen molar-refractivity contribution in [3.63, 3.8) is 0 Å². The summed E-state index contributed by atoms with van der Waals surface area (Å²) in [4.78, 5) is 65.6. The molecule has 0 bridgehead atoms. The highest BCUT2D eigenvalue weighted by molar-refractivity contribution is 5.74. The molecule has 13 heteroatoms. The molecule has 0 heterocycles. The van der Waals surface area contributed by atoms with Crippen LogP contribution in [0.1, 0.15) is 67.7 Å². The van der Waals surface area contributed by atoms with Crippen LogP contribution < -0.4 is 10.6 Å². The predicted octanol–water partition coefficient (Wildman–Crippen LogP) is 0.154. The third-order valence-corrected chi connectivity index (χ3v) is 4.06. The van der Waals surface area contributed by atoms with Gasteiger partial charge in [-0.3, -0.25) is 28.8 Å². The van der Waals surface area contributed by atoms with Crippen LogP contribution in [0.2, 0.25) is 0 Å². The minimum absolute atomic E-state index is 0.0100. The van der Waals surface area contributed by atoms with Crippen molar-refractivity contribution in [1.82, 2.24) is 10.6 Å². The maximum absolute atomic E-state index is 11.4. The van der Waals surface area contributed by atoms with Crippen LogP contribution in [0.15, 0.2) is 0 Å². The van der Waals surface area contributed by atoms with E-state index in [1.54, 1.807) is 13.8 Å². The van der Waals surface area contributed by atoms with Crippen LogP contribution in [-0.2, 0) is 47.7 Å². The molecule has 0 saturated heterocycles. The van der Waals surface area contributed by atoms with E-state index in [-0.39, 0.29) is 50.5 Å². The van der Waals surface area contributed by atoms with Crippen molar-refractivity contribution in [3.8, 4) is 0 Å². The topological polar surface area (TPSA) is 184 Å². The molecule has 0 aliphatic carbocycles. The van der Waals surface area contributed by atoms with E-state index >= 15 is 0 Å². The van der Waals surface area contributed by atoms with Gasteiger partial charge in [0.25, 0.3) is 0 Å². The molecule has 36 heavy (non-hydrogen) atoms. The summed E-state index contributed by atoms with van der Waals surface area (Å²) in [6.07, 6.45) is -0.459. The highest BCUT2D eigenvalue weighted by Crippen LogP contribution is 2.02. The summed E-state index contributed by atoms with van der Waals surface area (Å²) >= 11 is 0. The number of ether oxygens (including phenoxy) is 4. The molecule has 0 aromatic carbocycles. The number of carbonyl (C=O) groups is 6. The second-order valence-electron chi connectivity index (χ2n) is 8.00. The van der Waals surface area contributed by atoms with Crippen LogP contribution in [0, 0.1) is 0 Å². The maximum atomic E-state index is 11.4. The number of carbonyl (C=O) groups excluding carboxylic acids is 6. The first-order chi connectivity index (χ1) is 16.7. The van der Waals surface area contributed by atoms with E-state index in [0.717, 1.165) is 0 Å². The van der Waals surface area contributed by atoms with Gasteiger partial charge in [0.2, 0.25) is 11.8 Å².